The third kappa shape index (κ3) is 2.57. The molecule has 22 heavy (non-hydrogen) atoms. The first-order valence-electron chi connectivity index (χ1n) is 8.59. The van der Waals surface area contributed by atoms with Crippen LogP contribution in [-0.4, -0.2) is 65.6 Å². The molecule has 5 nitrogen and oxygen atoms in total. The molecule has 5 heteroatoms. The summed E-state index contributed by atoms with van der Waals surface area (Å²) >= 11 is 0. The van der Waals surface area contributed by atoms with Crippen LogP contribution in [0.3, 0.4) is 0 Å². The van der Waals surface area contributed by atoms with Crippen LogP contribution in [0.4, 0.5) is 0 Å². The number of aromatic amines is 1. The number of amides is 1. The minimum absolute atomic E-state index is 0.172. The fraction of sp³-hybridized carbons (Fsp3) is 0.706. The average Bonchev–Trinajstić information content (AvgIpc) is 3.26. The van der Waals surface area contributed by atoms with Crippen molar-refractivity contribution in [3.05, 3.63) is 24.0 Å². The number of fused-ring (bicyclic) bond motifs is 1. The summed E-state index contributed by atoms with van der Waals surface area (Å²) in [5.74, 6) is 0.950. The lowest BCUT2D eigenvalue weighted by Crippen LogP contribution is -2.41. The summed E-state index contributed by atoms with van der Waals surface area (Å²) in [6.45, 7) is 5.07. The molecule has 4 heterocycles. The van der Waals surface area contributed by atoms with E-state index in [1.54, 1.807) is 0 Å². The normalized spacial score (nSPS) is 29.9. The first-order chi connectivity index (χ1) is 10.8. The molecular weight excluding hydrogens is 278 g/mol. The van der Waals surface area contributed by atoms with Crippen molar-refractivity contribution < 1.29 is 9.53 Å². The fourth-order valence-electron chi connectivity index (χ4n) is 4.43. The van der Waals surface area contributed by atoms with E-state index < -0.39 is 0 Å². The Labute approximate surface area is 131 Å². The van der Waals surface area contributed by atoms with Gasteiger partial charge in [-0.1, -0.05) is 0 Å². The zero-order chi connectivity index (χ0) is 14.9. The molecule has 120 valence electrons. The number of rotatable bonds is 3. The standard InChI is InChI=1S/C17H25N3O2/c21-17(14-2-1-7-18-14)20-9-4-15-16(20)3-8-19(15)12-13-5-10-22-11-6-13/h1-2,7,13,15-16,18H,3-6,8-12H2/t15-,16+/m1/s1. The molecule has 0 radical (unpaired) electrons. The van der Waals surface area contributed by atoms with Gasteiger partial charge < -0.3 is 14.6 Å². The quantitative estimate of drug-likeness (QED) is 0.925. The zero-order valence-electron chi connectivity index (χ0n) is 13.0. The maximum atomic E-state index is 12.6. The Hall–Kier alpha value is -1.33. The summed E-state index contributed by atoms with van der Waals surface area (Å²) in [5, 5.41) is 0. The molecule has 1 amide bonds. The number of ether oxygens (including phenoxy) is 1. The monoisotopic (exact) mass is 303 g/mol. The predicted molar refractivity (Wildman–Crippen MR) is 83.8 cm³/mol. The van der Waals surface area contributed by atoms with Crippen LogP contribution < -0.4 is 0 Å². The number of H-pyrrole nitrogens is 1. The van der Waals surface area contributed by atoms with E-state index in [-0.39, 0.29) is 5.91 Å². The highest BCUT2D eigenvalue weighted by Gasteiger charge is 2.44. The Kier molecular flexibility index (Phi) is 3.92. The number of likely N-dealkylation sites (tertiary alicyclic amines) is 2. The molecule has 0 aromatic carbocycles. The maximum absolute atomic E-state index is 12.6. The summed E-state index contributed by atoms with van der Waals surface area (Å²) in [5.41, 5.74) is 0.725. The number of aromatic nitrogens is 1. The van der Waals surface area contributed by atoms with E-state index in [9.17, 15) is 4.79 Å². The number of hydrogen-bond acceptors (Lipinski definition) is 3. The molecule has 1 aromatic heterocycles. The van der Waals surface area contributed by atoms with Crippen molar-refractivity contribution in [2.24, 2.45) is 5.92 Å². The number of hydrogen-bond donors (Lipinski definition) is 1. The topological polar surface area (TPSA) is 48.6 Å². The van der Waals surface area contributed by atoms with Gasteiger partial charge >= 0.3 is 0 Å². The van der Waals surface area contributed by atoms with Crippen LogP contribution >= 0.6 is 0 Å². The van der Waals surface area contributed by atoms with Crippen LogP contribution in [0, 0.1) is 5.92 Å². The highest BCUT2D eigenvalue weighted by molar-refractivity contribution is 5.92. The lowest BCUT2D eigenvalue weighted by molar-refractivity contribution is 0.0502. The van der Waals surface area contributed by atoms with Crippen molar-refractivity contribution in [1.82, 2.24) is 14.8 Å². The molecule has 0 bridgehead atoms. The Morgan fingerprint density at radius 3 is 2.77 bits per heavy atom. The molecule has 3 aliphatic rings. The lowest BCUT2D eigenvalue weighted by atomic mass is 9.99. The van der Waals surface area contributed by atoms with Gasteiger partial charge in [-0.15, -0.1) is 0 Å². The molecule has 2 atom stereocenters. The Morgan fingerprint density at radius 1 is 1.18 bits per heavy atom. The third-order valence-electron chi connectivity index (χ3n) is 5.61. The molecule has 4 rings (SSSR count). The van der Waals surface area contributed by atoms with Crippen LogP contribution in [0.1, 0.15) is 36.2 Å². The van der Waals surface area contributed by atoms with Gasteiger partial charge in [0, 0.05) is 51.1 Å². The molecule has 0 saturated carbocycles. The molecule has 0 spiro atoms. The molecule has 3 fully saturated rings. The fourth-order valence-corrected chi connectivity index (χ4v) is 4.43. The second kappa shape index (κ2) is 6.05. The highest BCUT2D eigenvalue weighted by Crippen LogP contribution is 2.33. The second-order valence-electron chi connectivity index (χ2n) is 6.85. The van der Waals surface area contributed by atoms with Crippen LogP contribution in [0.25, 0.3) is 0 Å². The van der Waals surface area contributed by atoms with E-state index in [2.05, 4.69) is 14.8 Å². The first-order valence-corrected chi connectivity index (χ1v) is 8.59. The maximum Gasteiger partial charge on any atom is 0.270 e. The van der Waals surface area contributed by atoms with E-state index in [1.807, 2.05) is 18.3 Å². The van der Waals surface area contributed by atoms with Gasteiger partial charge in [-0.3, -0.25) is 9.69 Å². The van der Waals surface area contributed by atoms with Gasteiger partial charge in [0.05, 0.1) is 0 Å². The van der Waals surface area contributed by atoms with Crippen molar-refractivity contribution in [2.75, 3.05) is 32.8 Å². The van der Waals surface area contributed by atoms with E-state index in [0.29, 0.717) is 12.1 Å². The molecule has 1 aromatic rings. The highest BCUT2D eigenvalue weighted by atomic mass is 16.5. The minimum Gasteiger partial charge on any atom is -0.381 e. The summed E-state index contributed by atoms with van der Waals surface area (Å²) < 4.78 is 5.47. The second-order valence-corrected chi connectivity index (χ2v) is 6.85. The van der Waals surface area contributed by atoms with E-state index >= 15 is 0 Å². The van der Waals surface area contributed by atoms with E-state index in [1.165, 1.54) is 19.4 Å². The van der Waals surface area contributed by atoms with Gasteiger partial charge in [-0.25, -0.2) is 0 Å². The number of carbonyl (C=O) groups excluding carboxylic acids is 1. The largest absolute Gasteiger partial charge is 0.381 e. The third-order valence-corrected chi connectivity index (χ3v) is 5.61. The van der Waals surface area contributed by atoms with Gasteiger partial charge in [-0.05, 0) is 43.7 Å². The van der Waals surface area contributed by atoms with Gasteiger partial charge in [0.1, 0.15) is 5.69 Å². The van der Waals surface area contributed by atoms with Crippen LogP contribution in [0.2, 0.25) is 0 Å². The number of carbonyl (C=O) groups is 1. The van der Waals surface area contributed by atoms with Crippen molar-refractivity contribution in [3.8, 4) is 0 Å². The van der Waals surface area contributed by atoms with Gasteiger partial charge in [0.2, 0.25) is 0 Å². The Balaban J connectivity index is 1.39. The lowest BCUT2D eigenvalue weighted by Gasteiger charge is -2.30. The average molecular weight is 303 g/mol. The van der Waals surface area contributed by atoms with Crippen molar-refractivity contribution in [2.45, 2.75) is 37.8 Å². The Bertz CT molecular complexity index is 510. The van der Waals surface area contributed by atoms with E-state index in [0.717, 1.165) is 50.8 Å². The SMILES string of the molecule is O=C(c1ccc[nH]1)N1CC[C@@H]2[C@@H]1CCN2CC1CCOCC1. The van der Waals surface area contributed by atoms with Crippen LogP contribution in [0.15, 0.2) is 18.3 Å². The van der Waals surface area contributed by atoms with Crippen LogP contribution in [-0.2, 0) is 4.74 Å². The van der Waals surface area contributed by atoms with Gasteiger partial charge in [0.15, 0.2) is 0 Å². The summed E-state index contributed by atoms with van der Waals surface area (Å²) in [6, 6.07) is 4.76. The van der Waals surface area contributed by atoms with Gasteiger partial charge in [-0.2, -0.15) is 0 Å². The van der Waals surface area contributed by atoms with Crippen molar-refractivity contribution >= 4 is 5.91 Å². The smallest absolute Gasteiger partial charge is 0.270 e. The summed E-state index contributed by atoms with van der Waals surface area (Å²) in [6.07, 6.45) is 6.46. The summed E-state index contributed by atoms with van der Waals surface area (Å²) in [7, 11) is 0. The predicted octanol–water partition coefficient (Wildman–Crippen LogP) is 1.73. The Morgan fingerprint density at radius 2 is 2.00 bits per heavy atom. The molecule has 1 N–H and O–H groups in total. The minimum atomic E-state index is 0.172. The number of nitrogens with one attached hydrogen (secondary N) is 1. The van der Waals surface area contributed by atoms with Crippen molar-refractivity contribution in [1.29, 1.82) is 0 Å². The molecule has 3 aliphatic heterocycles. The van der Waals surface area contributed by atoms with Gasteiger partial charge in [0.25, 0.3) is 5.91 Å². The first kappa shape index (κ1) is 14.3. The van der Waals surface area contributed by atoms with Crippen molar-refractivity contribution in [3.63, 3.8) is 0 Å². The van der Waals surface area contributed by atoms with Crippen LogP contribution in [0.5, 0.6) is 0 Å². The van der Waals surface area contributed by atoms with E-state index in [4.69, 9.17) is 4.74 Å². The molecule has 0 unspecified atom stereocenters. The zero-order valence-corrected chi connectivity index (χ0v) is 13.0. The summed E-state index contributed by atoms with van der Waals surface area (Å²) in [4.78, 5) is 20.4. The molecule has 0 aliphatic carbocycles. The molecule has 3 saturated heterocycles. The number of nitrogens with zero attached hydrogens (tertiary/aromatic N) is 2. The molecular formula is C17H25N3O2.